The molecule has 0 saturated carbocycles. The normalized spacial score (nSPS) is 11.9. The SMILES string of the molecule is CC(CC(=O)O)C(=O)N(C)c1cccnc1. The molecule has 1 atom stereocenters. The molecule has 0 aliphatic rings. The van der Waals surface area contributed by atoms with Gasteiger partial charge < -0.3 is 10.0 Å². The fourth-order valence-corrected chi connectivity index (χ4v) is 1.36. The first kappa shape index (κ1) is 12.2. The maximum Gasteiger partial charge on any atom is 0.304 e. The molecule has 0 spiro atoms. The Morgan fingerprint density at radius 1 is 1.56 bits per heavy atom. The minimum absolute atomic E-state index is 0.163. The zero-order valence-corrected chi connectivity index (χ0v) is 9.25. The Labute approximate surface area is 93.7 Å². The zero-order valence-electron chi connectivity index (χ0n) is 9.25. The van der Waals surface area contributed by atoms with Crippen molar-refractivity contribution in [1.82, 2.24) is 4.98 Å². The summed E-state index contributed by atoms with van der Waals surface area (Å²) >= 11 is 0. The van der Waals surface area contributed by atoms with Crippen LogP contribution < -0.4 is 4.90 Å². The second-order valence-corrected chi connectivity index (χ2v) is 3.61. The highest BCUT2D eigenvalue weighted by Crippen LogP contribution is 2.14. The minimum Gasteiger partial charge on any atom is -0.481 e. The van der Waals surface area contributed by atoms with Crippen molar-refractivity contribution < 1.29 is 14.7 Å². The first-order chi connectivity index (χ1) is 7.52. The third-order valence-corrected chi connectivity index (χ3v) is 2.27. The summed E-state index contributed by atoms with van der Waals surface area (Å²) in [5.41, 5.74) is 0.657. The number of aliphatic carboxylic acids is 1. The summed E-state index contributed by atoms with van der Waals surface area (Å²) in [5.74, 6) is -1.74. The van der Waals surface area contributed by atoms with Crippen molar-refractivity contribution in [3.8, 4) is 0 Å². The van der Waals surface area contributed by atoms with Gasteiger partial charge in [0.15, 0.2) is 0 Å². The van der Waals surface area contributed by atoms with Crippen LogP contribution in [0, 0.1) is 5.92 Å². The molecule has 1 heterocycles. The smallest absolute Gasteiger partial charge is 0.304 e. The molecule has 1 amide bonds. The van der Waals surface area contributed by atoms with E-state index in [0.717, 1.165) is 0 Å². The van der Waals surface area contributed by atoms with Crippen LogP contribution >= 0.6 is 0 Å². The molecule has 0 fully saturated rings. The zero-order chi connectivity index (χ0) is 12.1. The highest BCUT2D eigenvalue weighted by molar-refractivity contribution is 5.95. The average molecular weight is 222 g/mol. The number of carbonyl (C=O) groups is 2. The molecule has 0 aliphatic heterocycles. The molecular formula is C11H14N2O3. The molecule has 1 aromatic rings. The van der Waals surface area contributed by atoms with Crippen LogP contribution in [0.2, 0.25) is 0 Å². The highest BCUT2D eigenvalue weighted by Gasteiger charge is 2.20. The number of carboxylic acids is 1. The van der Waals surface area contributed by atoms with E-state index in [2.05, 4.69) is 4.98 Å². The number of amides is 1. The van der Waals surface area contributed by atoms with Gasteiger partial charge in [-0.25, -0.2) is 0 Å². The van der Waals surface area contributed by atoms with Gasteiger partial charge in [0.1, 0.15) is 0 Å². The van der Waals surface area contributed by atoms with E-state index in [1.807, 2.05) is 0 Å². The lowest BCUT2D eigenvalue weighted by Crippen LogP contribution is -2.32. The molecule has 1 unspecified atom stereocenters. The summed E-state index contributed by atoms with van der Waals surface area (Å²) in [5, 5.41) is 8.60. The summed E-state index contributed by atoms with van der Waals surface area (Å²) in [6.07, 6.45) is 3.01. The van der Waals surface area contributed by atoms with Crippen LogP contribution in [-0.2, 0) is 9.59 Å². The number of carbonyl (C=O) groups excluding carboxylic acids is 1. The van der Waals surface area contributed by atoms with Gasteiger partial charge in [0.25, 0.3) is 0 Å². The van der Waals surface area contributed by atoms with E-state index in [9.17, 15) is 9.59 Å². The molecular weight excluding hydrogens is 208 g/mol. The second-order valence-electron chi connectivity index (χ2n) is 3.61. The number of carboxylic acid groups (broad SMARTS) is 1. The van der Waals surface area contributed by atoms with E-state index in [1.54, 1.807) is 38.5 Å². The van der Waals surface area contributed by atoms with Crippen LogP contribution in [0.25, 0.3) is 0 Å². The maximum absolute atomic E-state index is 11.8. The molecule has 5 heteroatoms. The molecule has 1 rings (SSSR count). The van der Waals surface area contributed by atoms with Crippen molar-refractivity contribution in [2.45, 2.75) is 13.3 Å². The van der Waals surface area contributed by atoms with Gasteiger partial charge in [-0.1, -0.05) is 6.92 Å². The van der Waals surface area contributed by atoms with E-state index in [1.165, 1.54) is 4.90 Å². The van der Waals surface area contributed by atoms with Crippen molar-refractivity contribution in [2.24, 2.45) is 5.92 Å². The lowest BCUT2D eigenvalue weighted by atomic mass is 10.1. The minimum atomic E-state index is -0.972. The van der Waals surface area contributed by atoms with Crippen molar-refractivity contribution in [3.63, 3.8) is 0 Å². The molecule has 0 bridgehead atoms. The molecule has 0 saturated heterocycles. The van der Waals surface area contributed by atoms with Gasteiger partial charge in [-0.15, -0.1) is 0 Å². The quantitative estimate of drug-likeness (QED) is 0.829. The number of aromatic nitrogens is 1. The molecule has 5 nitrogen and oxygen atoms in total. The van der Waals surface area contributed by atoms with Gasteiger partial charge in [0, 0.05) is 19.2 Å². The monoisotopic (exact) mass is 222 g/mol. The Morgan fingerprint density at radius 2 is 2.25 bits per heavy atom. The predicted octanol–water partition coefficient (Wildman–Crippen LogP) is 1.16. The lowest BCUT2D eigenvalue weighted by Gasteiger charge is -2.20. The summed E-state index contributed by atoms with van der Waals surface area (Å²) in [6.45, 7) is 1.60. The Morgan fingerprint density at radius 3 is 2.75 bits per heavy atom. The second kappa shape index (κ2) is 5.25. The summed E-state index contributed by atoms with van der Waals surface area (Å²) in [7, 11) is 1.61. The Hall–Kier alpha value is -1.91. The third-order valence-electron chi connectivity index (χ3n) is 2.27. The molecule has 86 valence electrons. The largest absolute Gasteiger partial charge is 0.481 e. The fraction of sp³-hybridized carbons (Fsp3) is 0.364. The van der Waals surface area contributed by atoms with Crippen LogP contribution in [-0.4, -0.2) is 29.0 Å². The van der Waals surface area contributed by atoms with Crippen LogP contribution in [0.4, 0.5) is 5.69 Å². The average Bonchev–Trinajstić information content (AvgIpc) is 2.27. The Kier molecular flexibility index (Phi) is 3.99. The first-order valence-electron chi connectivity index (χ1n) is 4.91. The van der Waals surface area contributed by atoms with Crippen LogP contribution in [0.3, 0.4) is 0 Å². The van der Waals surface area contributed by atoms with E-state index in [4.69, 9.17) is 5.11 Å². The van der Waals surface area contributed by atoms with Crippen LogP contribution in [0.5, 0.6) is 0 Å². The van der Waals surface area contributed by atoms with E-state index in [0.29, 0.717) is 5.69 Å². The van der Waals surface area contributed by atoms with E-state index in [-0.39, 0.29) is 12.3 Å². The van der Waals surface area contributed by atoms with E-state index < -0.39 is 11.9 Å². The molecule has 1 aromatic heterocycles. The van der Waals surface area contributed by atoms with Gasteiger partial charge in [-0.2, -0.15) is 0 Å². The molecule has 16 heavy (non-hydrogen) atoms. The molecule has 0 aliphatic carbocycles. The van der Waals surface area contributed by atoms with Gasteiger partial charge in [0.2, 0.25) is 5.91 Å². The summed E-state index contributed by atoms with van der Waals surface area (Å²) < 4.78 is 0. The predicted molar refractivity (Wildman–Crippen MR) is 59.1 cm³/mol. The topological polar surface area (TPSA) is 70.5 Å². The number of rotatable bonds is 4. The van der Waals surface area contributed by atoms with Crippen molar-refractivity contribution in [3.05, 3.63) is 24.5 Å². The highest BCUT2D eigenvalue weighted by atomic mass is 16.4. The first-order valence-corrected chi connectivity index (χ1v) is 4.91. The van der Waals surface area contributed by atoms with Crippen molar-refractivity contribution in [1.29, 1.82) is 0 Å². The van der Waals surface area contributed by atoms with Crippen LogP contribution in [0.1, 0.15) is 13.3 Å². The van der Waals surface area contributed by atoms with Gasteiger partial charge in [-0.05, 0) is 12.1 Å². The van der Waals surface area contributed by atoms with Gasteiger partial charge >= 0.3 is 5.97 Å². The van der Waals surface area contributed by atoms with Crippen molar-refractivity contribution in [2.75, 3.05) is 11.9 Å². The number of hydrogen-bond acceptors (Lipinski definition) is 3. The number of pyridine rings is 1. The lowest BCUT2D eigenvalue weighted by molar-refractivity contribution is -0.140. The van der Waals surface area contributed by atoms with Crippen LogP contribution in [0.15, 0.2) is 24.5 Å². The summed E-state index contributed by atoms with van der Waals surface area (Å²) in [6, 6.07) is 3.47. The third kappa shape index (κ3) is 3.05. The Bertz CT molecular complexity index is 378. The molecule has 0 radical (unpaired) electrons. The number of nitrogens with zero attached hydrogens (tertiary/aromatic N) is 2. The van der Waals surface area contributed by atoms with Crippen molar-refractivity contribution >= 4 is 17.6 Å². The van der Waals surface area contributed by atoms with Gasteiger partial charge in [-0.3, -0.25) is 14.6 Å². The molecule has 1 N–H and O–H groups in total. The number of hydrogen-bond donors (Lipinski definition) is 1. The summed E-state index contributed by atoms with van der Waals surface area (Å²) in [4.78, 5) is 27.6. The molecule has 0 aromatic carbocycles. The fourth-order valence-electron chi connectivity index (χ4n) is 1.36. The number of anilines is 1. The Balaban J connectivity index is 2.71. The van der Waals surface area contributed by atoms with E-state index >= 15 is 0 Å². The van der Waals surface area contributed by atoms with Gasteiger partial charge in [0.05, 0.1) is 18.3 Å². The maximum atomic E-state index is 11.8. The standard InChI is InChI=1S/C11H14N2O3/c1-8(6-10(14)15)11(16)13(2)9-4-3-5-12-7-9/h3-5,7-8H,6H2,1-2H3,(H,14,15).